The molecule has 0 radical (unpaired) electrons. The molecule has 2 aliphatic rings. The van der Waals surface area contributed by atoms with Crippen molar-refractivity contribution in [1.29, 1.82) is 0 Å². The van der Waals surface area contributed by atoms with Gasteiger partial charge in [0, 0.05) is 24.3 Å². The van der Waals surface area contributed by atoms with E-state index in [2.05, 4.69) is 15.0 Å². The third kappa shape index (κ3) is 3.46. The predicted molar refractivity (Wildman–Crippen MR) is 79.1 cm³/mol. The molecule has 116 valence electrons. The molecule has 0 amide bonds. The van der Waals surface area contributed by atoms with E-state index in [1.54, 1.807) is 12.1 Å². The van der Waals surface area contributed by atoms with E-state index >= 15 is 0 Å². The molecule has 5 heteroatoms. The third-order valence-corrected chi connectivity index (χ3v) is 4.59. The van der Waals surface area contributed by atoms with Crippen LogP contribution >= 0.6 is 0 Å². The summed E-state index contributed by atoms with van der Waals surface area (Å²) in [5.41, 5.74) is 1.33. The van der Waals surface area contributed by atoms with Gasteiger partial charge in [0.1, 0.15) is 5.75 Å². The first kappa shape index (κ1) is 14.6. The van der Waals surface area contributed by atoms with E-state index < -0.39 is 6.61 Å². The van der Waals surface area contributed by atoms with Crippen molar-refractivity contribution in [2.75, 3.05) is 24.5 Å². The Morgan fingerprint density at radius 2 is 1.81 bits per heavy atom. The van der Waals surface area contributed by atoms with Gasteiger partial charge in [-0.1, -0.05) is 12.8 Å². The van der Waals surface area contributed by atoms with Gasteiger partial charge in [0.15, 0.2) is 0 Å². The van der Waals surface area contributed by atoms with Crippen LogP contribution in [-0.2, 0) is 0 Å². The number of alkyl halides is 2. The number of hydrogen-bond donors (Lipinski definition) is 1. The Kier molecular flexibility index (Phi) is 4.29. The maximum absolute atomic E-state index is 12.2. The van der Waals surface area contributed by atoms with Gasteiger partial charge in [-0.15, -0.1) is 0 Å². The molecule has 3 rings (SSSR count). The van der Waals surface area contributed by atoms with Crippen LogP contribution in [-0.4, -0.2) is 31.8 Å². The second kappa shape index (κ2) is 6.18. The van der Waals surface area contributed by atoms with Crippen LogP contribution in [0.15, 0.2) is 24.3 Å². The van der Waals surface area contributed by atoms with Crippen LogP contribution in [0, 0.1) is 0 Å². The van der Waals surface area contributed by atoms with E-state index in [1.165, 1.54) is 25.7 Å². The van der Waals surface area contributed by atoms with Crippen molar-refractivity contribution < 1.29 is 13.5 Å². The molecule has 0 unspecified atom stereocenters. The summed E-state index contributed by atoms with van der Waals surface area (Å²) in [7, 11) is 0. The maximum Gasteiger partial charge on any atom is 0.387 e. The second-order valence-electron chi connectivity index (χ2n) is 6.06. The molecule has 3 nitrogen and oxygen atoms in total. The monoisotopic (exact) mass is 296 g/mol. The molecule has 1 saturated heterocycles. The highest BCUT2D eigenvalue weighted by Gasteiger charge is 2.36. The molecule has 1 heterocycles. The van der Waals surface area contributed by atoms with Crippen LogP contribution in [0.1, 0.15) is 32.1 Å². The van der Waals surface area contributed by atoms with Crippen LogP contribution in [0.2, 0.25) is 0 Å². The second-order valence-corrected chi connectivity index (χ2v) is 6.06. The van der Waals surface area contributed by atoms with Gasteiger partial charge in [0.05, 0.1) is 0 Å². The van der Waals surface area contributed by atoms with E-state index in [4.69, 9.17) is 0 Å². The minimum absolute atomic E-state index is 0.220. The molecule has 1 N–H and O–H groups in total. The molecule has 0 aromatic heterocycles. The maximum atomic E-state index is 12.2. The number of hydrogen-bond acceptors (Lipinski definition) is 3. The van der Waals surface area contributed by atoms with Gasteiger partial charge in [0.25, 0.3) is 0 Å². The Hall–Kier alpha value is -1.36. The van der Waals surface area contributed by atoms with Gasteiger partial charge in [-0.3, -0.25) is 0 Å². The first-order valence-corrected chi connectivity index (χ1v) is 7.72. The Morgan fingerprint density at radius 1 is 1.10 bits per heavy atom. The molecular weight excluding hydrogens is 274 g/mol. The fraction of sp³-hybridized carbons (Fsp3) is 0.625. The lowest BCUT2D eigenvalue weighted by molar-refractivity contribution is -0.0498. The van der Waals surface area contributed by atoms with Crippen LogP contribution in [0.5, 0.6) is 5.75 Å². The zero-order valence-electron chi connectivity index (χ0n) is 12.2. The molecule has 1 aromatic carbocycles. The van der Waals surface area contributed by atoms with E-state index in [0.717, 1.165) is 31.7 Å². The number of halogens is 2. The van der Waals surface area contributed by atoms with Crippen molar-refractivity contribution in [3.8, 4) is 5.75 Å². The first-order chi connectivity index (χ1) is 10.2. The highest BCUT2D eigenvalue weighted by molar-refractivity contribution is 5.49. The summed E-state index contributed by atoms with van der Waals surface area (Å²) >= 11 is 0. The average molecular weight is 296 g/mol. The molecule has 1 saturated carbocycles. The van der Waals surface area contributed by atoms with Crippen molar-refractivity contribution >= 4 is 5.69 Å². The molecule has 21 heavy (non-hydrogen) atoms. The molecule has 1 aliphatic carbocycles. The predicted octanol–water partition coefficient (Wildman–Crippen LogP) is 3.40. The van der Waals surface area contributed by atoms with Gasteiger partial charge in [-0.05, 0) is 50.1 Å². The highest BCUT2D eigenvalue weighted by Crippen LogP contribution is 2.33. The van der Waals surface area contributed by atoms with Crippen molar-refractivity contribution in [2.24, 2.45) is 0 Å². The summed E-state index contributed by atoms with van der Waals surface area (Å²) in [6, 6.07) is 7.01. The smallest absolute Gasteiger partial charge is 0.387 e. The van der Waals surface area contributed by atoms with Gasteiger partial charge >= 0.3 is 6.61 Å². The van der Waals surface area contributed by atoms with Gasteiger partial charge in [-0.2, -0.15) is 8.78 Å². The fourth-order valence-corrected chi connectivity index (χ4v) is 3.57. The molecule has 1 aliphatic heterocycles. The average Bonchev–Trinajstić information content (AvgIpc) is 2.80. The number of rotatable bonds is 3. The number of anilines is 1. The number of ether oxygens (including phenoxy) is 1. The lowest BCUT2D eigenvalue weighted by Crippen LogP contribution is -2.49. The first-order valence-electron chi connectivity index (χ1n) is 7.72. The molecule has 0 bridgehead atoms. The molecule has 0 atom stereocenters. The standard InChI is InChI=1S/C16H22F2N2O/c17-15(18)21-14-6-4-13(5-7-14)20-11-3-10-19-16(12-20)8-1-2-9-16/h4-7,15,19H,1-3,8-12H2. The van der Waals surface area contributed by atoms with Crippen molar-refractivity contribution in [3.05, 3.63) is 24.3 Å². The van der Waals surface area contributed by atoms with Crippen molar-refractivity contribution in [1.82, 2.24) is 5.32 Å². The summed E-state index contributed by atoms with van der Waals surface area (Å²) in [6.45, 7) is 0.301. The Bertz CT molecular complexity index is 458. The van der Waals surface area contributed by atoms with Gasteiger partial charge in [-0.25, -0.2) is 0 Å². The number of nitrogens with zero attached hydrogens (tertiary/aromatic N) is 1. The SMILES string of the molecule is FC(F)Oc1ccc(N2CCCNC3(CCCC3)C2)cc1. The zero-order chi connectivity index (χ0) is 14.7. The fourth-order valence-electron chi connectivity index (χ4n) is 3.57. The molecule has 1 aromatic rings. The molecular formula is C16H22F2N2O. The summed E-state index contributed by atoms with van der Waals surface area (Å²) < 4.78 is 28.8. The largest absolute Gasteiger partial charge is 0.435 e. The van der Waals surface area contributed by atoms with Gasteiger partial charge in [0.2, 0.25) is 0 Å². The van der Waals surface area contributed by atoms with E-state index in [1.807, 2.05) is 12.1 Å². The van der Waals surface area contributed by atoms with E-state index in [-0.39, 0.29) is 11.3 Å². The molecule has 1 spiro atoms. The number of nitrogens with one attached hydrogen (secondary N) is 1. The summed E-state index contributed by atoms with van der Waals surface area (Å²) in [5, 5.41) is 3.73. The van der Waals surface area contributed by atoms with E-state index in [9.17, 15) is 8.78 Å². The van der Waals surface area contributed by atoms with Crippen LogP contribution in [0.25, 0.3) is 0 Å². The minimum atomic E-state index is -2.76. The van der Waals surface area contributed by atoms with Crippen LogP contribution < -0.4 is 15.0 Å². The van der Waals surface area contributed by atoms with Crippen molar-refractivity contribution in [2.45, 2.75) is 44.3 Å². The minimum Gasteiger partial charge on any atom is -0.435 e. The normalized spacial score (nSPS) is 21.8. The van der Waals surface area contributed by atoms with Gasteiger partial charge < -0.3 is 15.0 Å². The lowest BCUT2D eigenvalue weighted by Gasteiger charge is -2.34. The highest BCUT2D eigenvalue weighted by atomic mass is 19.3. The van der Waals surface area contributed by atoms with E-state index in [0.29, 0.717) is 0 Å². The summed E-state index contributed by atoms with van der Waals surface area (Å²) in [6.07, 6.45) is 6.16. The zero-order valence-corrected chi connectivity index (χ0v) is 12.2. The summed E-state index contributed by atoms with van der Waals surface area (Å²) in [5.74, 6) is 0.220. The molecule has 2 fully saturated rings. The summed E-state index contributed by atoms with van der Waals surface area (Å²) in [4.78, 5) is 2.37. The Morgan fingerprint density at radius 3 is 2.48 bits per heavy atom. The number of benzene rings is 1. The van der Waals surface area contributed by atoms with Crippen LogP contribution in [0.3, 0.4) is 0 Å². The quantitative estimate of drug-likeness (QED) is 0.925. The lowest BCUT2D eigenvalue weighted by atomic mass is 9.97. The van der Waals surface area contributed by atoms with Crippen molar-refractivity contribution in [3.63, 3.8) is 0 Å². The Labute approximate surface area is 124 Å². The third-order valence-electron chi connectivity index (χ3n) is 4.59. The van der Waals surface area contributed by atoms with Crippen LogP contribution in [0.4, 0.5) is 14.5 Å². The Balaban J connectivity index is 1.72. The topological polar surface area (TPSA) is 24.5 Å².